The predicted molar refractivity (Wildman–Crippen MR) is 86.8 cm³/mol. The third-order valence-electron chi connectivity index (χ3n) is 4.15. The largest absolute Gasteiger partial charge is 0.477 e. The molecule has 0 aliphatic heterocycles. The van der Waals surface area contributed by atoms with Gasteiger partial charge in [-0.1, -0.05) is 36.8 Å². The van der Waals surface area contributed by atoms with Gasteiger partial charge >= 0.3 is 0 Å². The van der Waals surface area contributed by atoms with E-state index in [2.05, 4.69) is 23.2 Å². The van der Waals surface area contributed by atoms with Gasteiger partial charge in [0.15, 0.2) is 0 Å². The predicted octanol–water partition coefficient (Wildman–Crippen LogP) is 4.29. The summed E-state index contributed by atoms with van der Waals surface area (Å²) in [5.74, 6) is 0.490. The molecule has 112 valence electrons. The van der Waals surface area contributed by atoms with Crippen LogP contribution >= 0.6 is 0 Å². The first-order valence-corrected chi connectivity index (χ1v) is 7.99. The maximum Gasteiger partial charge on any atom is 0.232 e. The number of benzene rings is 1. The Bertz CT molecular complexity index is 702. The molecule has 3 nitrogen and oxygen atoms in total. The van der Waals surface area contributed by atoms with Crippen LogP contribution in [0.4, 0.5) is 0 Å². The van der Waals surface area contributed by atoms with Gasteiger partial charge in [0.2, 0.25) is 5.88 Å². The minimum atomic E-state index is 0.490. The average Bonchev–Trinajstić information content (AvgIpc) is 2.80. The van der Waals surface area contributed by atoms with Crippen molar-refractivity contribution in [2.24, 2.45) is 0 Å². The van der Waals surface area contributed by atoms with Crippen LogP contribution < -0.4 is 4.74 Å². The van der Waals surface area contributed by atoms with E-state index in [-0.39, 0.29) is 0 Å². The molecule has 0 bridgehead atoms. The van der Waals surface area contributed by atoms with E-state index in [1.54, 1.807) is 0 Å². The first-order chi connectivity index (χ1) is 10.8. The molecule has 1 heterocycles. The van der Waals surface area contributed by atoms with E-state index in [1.165, 1.54) is 12.0 Å². The van der Waals surface area contributed by atoms with Crippen molar-refractivity contribution in [3.63, 3.8) is 0 Å². The molecule has 22 heavy (non-hydrogen) atoms. The summed E-state index contributed by atoms with van der Waals surface area (Å²) in [5.41, 5.74) is 5.04. The summed E-state index contributed by atoms with van der Waals surface area (Å²) in [5, 5.41) is 9.69. The molecule has 0 unspecified atom stereocenters. The van der Waals surface area contributed by atoms with Crippen LogP contribution in [0, 0.1) is 11.3 Å². The second-order valence-electron chi connectivity index (χ2n) is 5.56. The Balaban J connectivity index is 2.28. The van der Waals surface area contributed by atoms with Gasteiger partial charge in [-0.2, -0.15) is 5.26 Å². The lowest BCUT2D eigenvalue weighted by atomic mass is 9.92. The summed E-state index contributed by atoms with van der Waals surface area (Å²) >= 11 is 0. The monoisotopic (exact) mass is 292 g/mol. The minimum Gasteiger partial charge on any atom is -0.477 e. The fourth-order valence-corrected chi connectivity index (χ4v) is 3.16. The molecule has 3 heteroatoms. The van der Waals surface area contributed by atoms with Gasteiger partial charge in [-0.15, -0.1) is 0 Å². The number of hydrogen-bond acceptors (Lipinski definition) is 3. The normalized spacial score (nSPS) is 13.8. The molecule has 0 atom stereocenters. The van der Waals surface area contributed by atoms with E-state index in [0.717, 1.165) is 42.5 Å². The Hall–Kier alpha value is -2.34. The number of ether oxygens (including phenoxy) is 1. The lowest BCUT2D eigenvalue weighted by molar-refractivity contribution is 0.324. The second kappa shape index (κ2) is 6.62. The van der Waals surface area contributed by atoms with Gasteiger partial charge < -0.3 is 4.74 Å². The third kappa shape index (κ3) is 2.69. The van der Waals surface area contributed by atoms with Crippen LogP contribution in [0.15, 0.2) is 30.3 Å². The lowest BCUT2D eigenvalue weighted by Gasteiger charge is -2.17. The van der Waals surface area contributed by atoms with Crippen molar-refractivity contribution in [1.29, 1.82) is 5.26 Å². The molecule has 1 aromatic heterocycles. The van der Waals surface area contributed by atoms with E-state index in [1.807, 2.05) is 25.1 Å². The minimum absolute atomic E-state index is 0.490. The number of nitrogens with zero attached hydrogens (tertiary/aromatic N) is 2. The fourth-order valence-electron chi connectivity index (χ4n) is 3.16. The Morgan fingerprint density at radius 3 is 2.64 bits per heavy atom. The highest BCUT2D eigenvalue weighted by Crippen LogP contribution is 2.36. The van der Waals surface area contributed by atoms with Gasteiger partial charge in [-0.25, -0.2) is 4.98 Å². The zero-order valence-corrected chi connectivity index (χ0v) is 12.9. The van der Waals surface area contributed by atoms with Gasteiger partial charge in [0, 0.05) is 11.3 Å². The summed E-state index contributed by atoms with van der Waals surface area (Å²) < 4.78 is 5.66. The maximum atomic E-state index is 9.69. The van der Waals surface area contributed by atoms with Gasteiger partial charge in [0.1, 0.15) is 11.6 Å². The van der Waals surface area contributed by atoms with Crippen LogP contribution in [0.3, 0.4) is 0 Å². The Morgan fingerprint density at radius 2 is 1.91 bits per heavy atom. The first kappa shape index (κ1) is 14.6. The van der Waals surface area contributed by atoms with Crippen molar-refractivity contribution >= 4 is 0 Å². The van der Waals surface area contributed by atoms with Gasteiger partial charge in [0.05, 0.1) is 6.61 Å². The molecule has 1 aliphatic rings. The highest BCUT2D eigenvalue weighted by Gasteiger charge is 2.22. The number of nitriles is 1. The molecule has 3 rings (SSSR count). The highest BCUT2D eigenvalue weighted by atomic mass is 16.5. The first-order valence-electron chi connectivity index (χ1n) is 7.99. The van der Waals surface area contributed by atoms with E-state index >= 15 is 0 Å². The third-order valence-corrected chi connectivity index (χ3v) is 4.15. The Kier molecular flexibility index (Phi) is 4.39. The smallest absolute Gasteiger partial charge is 0.232 e. The molecule has 1 aliphatic carbocycles. The van der Waals surface area contributed by atoms with Crippen LogP contribution in [0.2, 0.25) is 0 Å². The van der Waals surface area contributed by atoms with Crippen LogP contribution in [0.5, 0.6) is 5.88 Å². The number of pyridine rings is 1. The molecule has 1 aromatic carbocycles. The molecule has 0 fully saturated rings. The van der Waals surface area contributed by atoms with E-state index in [0.29, 0.717) is 18.1 Å². The summed E-state index contributed by atoms with van der Waals surface area (Å²) in [7, 11) is 0. The molecule has 2 aromatic rings. The van der Waals surface area contributed by atoms with Crippen molar-refractivity contribution < 1.29 is 4.74 Å². The fraction of sp³-hybridized carbons (Fsp3) is 0.368. The maximum absolute atomic E-state index is 9.69. The SMILES string of the molecule is CCOc1nc2c(c(-c3ccccc3)c1C#N)CCCCC2. The van der Waals surface area contributed by atoms with Crippen molar-refractivity contribution in [2.75, 3.05) is 6.61 Å². The number of hydrogen-bond donors (Lipinski definition) is 0. The summed E-state index contributed by atoms with van der Waals surface area (Å²) in [6, 6.07) is 12.5. The summed E-state index contributed by atoms with van der Waals surface area (Å²) in [6.07, 6.45) is 5.50. The van der Waals surface area contributed by atoms with Crippen molar-refractivity contribution in [2.45, 2.75) is 39.0 Å². The summed E-state index contributed by atoms with van der Waals surface area (Å²) in [4.78, 5) is 4.68. The average molecular weight is 292 g/mol. The van der Waals surface area contributed by atoms with Crippen molar-refractivity contribution in [3.8, 4) is 23.1 Å². The van der Waals surface area contributed by atoms with E-state index in [4.69, 9.17) is 4.74 Å². The molecule has 0 N–H and O–H groups in total. The number of rotatable bonds is 3. The lowest BCUT2D eigenvalue weighted by Crippen LogP contribution is -2.07. The van der Waals surface area contributed by atoms with E-state index < -0.39 is 0 Å². The summed E-state index contributed by atoms with van der Waals surface area (Å²) in [6.45, 7) is 2.45. The molecule has 0 radical (unpaired) electrons. The molecule has 0 saturated heterocycles. The number of aryl methyl sites for hydroxylation is 1. The molecule has 0 amide bonds. The Morgan fingerprint density at radius 1 is 1.14 bits per heavy atom. The van der Waals surface area contributed by atoms with Gasteiger partial charge in [-0.3, -0.25) is 0 Å². The topological polar surface area (TPSA) is 45.9 Å². The van der Waals surface area contributed by atoms with Gasteiger partial charge in [-0.05, 0) is 43.7 Å². The highest BCUT2D eigenvalue weighted by molar-refractivity contribution is 5.77. The van der Waals surface area contributed by atoms with Gasteiger partial charge in [0.25, 0.3) is 0 Å². The molecule has 0 saturated carbocycles. The molecular weight excluding hydrogens is 272 g/mol. The zero-order valence-electron chi connectivity index (χ0n) is 12.9. The number of fused-ring (bicyclic) bond motifs is 1. The molecular formula is C19H20N2O. The second-order valence-corrected chi connectivity index (χ2v) is 5.56. The number of aromatic nitrogens is 1. The zero-order chi connectivity index (χ0) is 15.4. The van der Waals surface area contributed by atoms with Crippen molar-refractivity contribution in [1.82, 2.24) is 4.98 Å². The standard InChI is InChI=1S/C19H20N2O/c1-2-22-19-16(13-20)18(14-9-5-3-6-10-14)15-11-7-4-8-12-17(15)21-19/h3,5-6,9-10H,2,4,7-8,11-12H2,1H3. The Labute approximate surface area is 131 Å². The quantitative estimate of drug-likeness (QED) is 0.793. The van der Waals surface area contributed by atoms with Crippen LogP contribution in [-0.4, -0.2) is 11.6 Å². The van der Waals surface area contributed by atoms with Crippen LogP contribution in [-0.2, 0) is 12.8 Å². The van der Waals surface area contributed by atoms with Crippen molar-refractivity contribution in [3.05, 3.63) is 47.2 Å². The van der Waals surface area contributed by atoms with Crippen LogP contribution in [0.25, 0.3) is 11.1 Å². The van der Waals surface area contributed by atoms with E-state index in [9.17, 15) is 5.26 Å². The molecule has 0 spiro atoms. The van der Waals surface area contributed by atoms with Crippen LogP contribution in [0.1, 0.15) is 43.0 Å².